The zero-order valence-electron chi connectivity index (χ0n) is 14.9. The summed E-state index contributed by atoms with van der Waals surface area (Å²) in [6.45, 7) is 5.19. The van der Waals surface area contributed by atoms with Crippen LogP contribution >= 0.6 is 23.8 Å². The normalized spacial score (nSPS) is 15.4. The molecule has 1 saturated heterocycles. The highest BCUT2D eigenvalue weighted by molar-refractivity contribution is 7.71. The van der Waals surface area contributed by atoms with Crippen LogP contribution in [0.2, 0.25) is 5.02 Å². The molecule has 0 aliphatic carbocycles. The van der Waals surface area contributed by atoms with Crippen molar-refractivity contribution in [3.8, 4) is 0 Å². The van der Waals surface area contributed by atoms with Gasteiger partial charge in [0.25, 0.3) is 5.56 Å². The molecule has 5 nitrogen and oxygen atoms in total. The van der Waals surface area contributed by atoms with Crippen molar-refractivity contribution in [2.45, 2.75) is 6.54 Å². The molecular weight excluding hydrogens is 380 g/mol. The molecule has 0 bridgehead atoms. The third kappa shape index (κ3) is 3.93. The lowest BCUT2D eigenvalue weighted by Crippen LogP contribution is -2.47. The number of aromatic nitrogens is 2. The number of para-hydroxylation sites is 1. The maximum Gasteiger partial charge on any atom is 0.262 e. The molecule has 2 aromatic carbocycles. The number of anilines is 1. The highest BCUT2D eigenvalue weighted by atomic mass is 35.5. The highest BCUT2D eigenvalue weighted by Gasteiger charge is 2.17. The first-order valence-corrected chi connectivity index (χ1v) is 9.85. The van der Waals surface area contributed by atoms with E-state index in [1.54, 1.807) is 4.57 Å². The smallest absolute Gasteiger partial charge is 0.262 e. The maximum absolute atomic E-state index is 12.7. The Morgan fingerprint density at radius 1 is 1.00 bits per heavy atom. The van der Waals surface area contributed by atoms with Crippen LogP contribution in [0, 0.1) is 4.77 Å². The molecule has 0 radical (unpaired) electrons. The number of hydrogen-bond donors (Lipinski definition) is 1. The highest BCUT2D eigenvalue weighted by Crippen LogP contribution is 2.20. The van der Waals surface area contributed by atoms with Gasteiger partial charge in [0.05, 0.1) is 10.9 Å². The number of nitrogens with zero attached hydrogens (tertiary/aromatic N) is 3. The summed E-state index contributed by atoms with van der Waals surface area (Å²) in [7, 11) is 0. The fraction of sp³-hybridized carbons (Fsp3) is 0.300. The first kappa shape index (κ1) is 18.2. The summed E-state index contributed by atoms with van der Waals surface area (Å²) < 4.78 is 2.15. The average molecular weight is 401 g/mol. The number of fused-ring (bicyclic) bond motifs is 1. The van der Waals surface area contributed by atoms with E-state index in [1.165, 1.54) is 0 Å². The lowest BCUT2D eigenvalue weighted by molar-refractivity contribution is 0.246. The van der Waals surface area contributed by atoms with E-state index in [-0.39, 0.29) is 5.56 Å². The second-order valence-corrected chi connectivity index (χ2v) is 7.56. The summed E-state index contributed by atoms with van der Waals surface area (Å²) in [5, 5.41) is 1.44. The molecule has 7 heteroatoms. The van der Waals surface area contributed by atoms with Gasteiger partial charge in [0.2, 0.25) is 0 Å². The third-order valence-electron chi connectivity index (χ3n) is 5.07. The summed E-state index contributed by atoms with van der Waals surface area (Å²) in [4.78, 5) is 20.6. The fourth-order valence-electron chi connectivity index (χ4n) is 3.55. The minimum Gasteiger partial charge on any atom is -0.369 e. The number of nitrogens with one attached hydrogen (secondary N) is 1. The molecule has 2 heterocycles. The molecule has 140 valence electrons. The first-order chi connectivity index (χ1) is 13.1. The minimum absolute atomic E-state index is 0.0214. The van der Waals surface area contributed by atoms with E-state index >= 15 is 0 Å². The molecule has 1 aromatic heterocycles. The van der Waals surface area contributed by atoms with Gasteiger partial charge in [0.1, 0.15) is 0 Å². The summed E-state index contributed by atoms with van der Waals surface area (Å²) in [5.74, 6) is 0. The molecule has 1 aliphatic rings. The van der Waals surface area contributed by atoms with Crippen LogP contribution in [0.1, 0.15) is 0 Å². The number of piperazine rings is 1. The molecule has 4 rings (SSSR count). The largest absolute Gasteiger partial charge is 0.369 e. The molecule has 1 N–H and O–H groups in total. The van der Waals surface area contributed by atoms with Crippen molar-refractivity contribution in [2.24, 2.45) is 0 Å². The van der Waals surface area contributed by atoms with Crippen LogP contribution in [0.15, 0.2) is 53.3 Å². The quantitative estimate of drug-likeness (QED) is 0.680. The monoisotopic (exact) mass is 400 g/mol. The van der Waals surface area contributed by atoms with Gasteiger partial charge in [-0.05, 0) is 42.5 Å². The van der Waals surface area contributed by atoms with Crippen molar-refractivity contribution in [1.29, 1.82) is 0 Å². The van der Waals surface area contributed by atoms with E-state index in [1.807, 2.05) is 42.5 Å². The Kier molecular flexibility index (Phi) is 5.29. The Bertz CT molecular complexity index is 1070. The van der Waals surface area contributed by atoms with Crippen molar-refractivity contribution in [3.05, 3.63) is 68.7 Å². The number of halogens is 1. The van der Waals surface area contributed by atoms with Crippen LogP contribution in [-0.4, -0.2) is 47.2 Å². The van der Waals surface area contributed by atoms with Crippen molar-refractivity contribution in [1.82, 2.24) is 14.5 Å². The van der Waals surface area contributed by atoms with Crippen molar-refractivity contribution in [2.75, 3.05) is 37.6 Å². The van der Waals surface area contributed by atoms with Crippen molar-refractivity contribution < 1.29 is 0 Å². The summed E-state index contributed by atoms with van der Waals surface area (Å²) >= 11 is 11.5. The number of hydrogen-bond acceptors (Lipinski definition) is 4. The van der Waals surface area contributed by atoms with Crippen LogP contribution in [-0.2, 0) is 6.54 Å². The summed E-state index contributed by atoms with van der Waals surface area (Å²) in [6.07, 6.45) is 0. The summed E-state index contributed by atoms with van der Waals surface area (Å²) in [5.41, 5.74) is 1.93. The van der Waals surface area contributed by atoms with Gasteiger partial charge >= 0.3 is 0 Å². The fourth-order valence-corrected chi connectivity index (χ4v) is 4.01. The van der Waals surface area contributed by atoms with Crippen LogP contribution in [0.5, 0.6) is 0 Å². The number of H-pyrrole nitrogens is 1. The van der Waals surface area contributed by atoms with Gasteiger partial charge in [-0.25, -0.2) is 0 Å². The van der Waals surface area contributed by atoms with E-state index in [9.17, 15) is 4.79 Å². The molecule has 3 aromatic rings. The molecule has 0 atom stereocenters. The second-order valence-electron chi connectivity index (χ2n) is 6.74. The summed E-state index contributed by atoms with van der Waals surface area (Å²) in [6, 6.07) is 15.5. The van der Waals surface area contributed by atoms with E-state index in [0.29, 0.717) is 16.7 Å². The zero-order valence-corrected chi connectivity index (χ0v) is 16.5. The predicted molar refractivity (Wildman–Crippen MR) is 113 cm³/mol. The molecule has 0 spiro atoms. The predicted octanol–water partition coefficient (Wildman–Crippen LogP) is 3.53. The van der Waals surface area contributed by atoms with E-state index in [0.717, 1.165) is 49.0 Å². The standard InChI is InChI=1S/C20H21ClN4OS/c21-15-4-3-5-16(14-15)24-11-8-23(9-12-24)10-13-25-19(26)17-6-1-2-7-18(17)22-20(25)27/h1-7,14H,8-13H2,(H,22,27). The van der Waals surface area contributed by atoms with Gasteiger partial charge in [-0.2, -0.15) is 0 Å². The minimum atomic E-state index is -0.0214. The molecule has 0 saturated carbocycles. The van der Waals surface area contributed by atoms with Crippen molar-refractivity contribution in [3.63, 3.8) is 0 Å². The van der Waals surface area contributed by atoms with E-state index < -0.39 is 0 Å². The molecule has 0 amide bonds. The molecule has 1 aliphatic heterocycles. The third-order valence-corrected chi connectivity index (χ3v) is 5.63. The first-order valence-electron chi connectivity index (χ1n) is 9.06. The number of rotatable bonds is 4. The lowest BCUT2D eigenvalue weighted by Gasteiger charge is -2.36. The van der Waals surface area contributed by atoms with Gasteiger partial charge < -0.3 is 9.88 Å². The molecular formula is C20H21ClN4OS. The SMILES string of the molecule is O=c1c2ccccc2[nH]c(=S)n1CCN1CCN(c2cccc(Cl)c2)CC1. The van der Waals surface area contributed by atoms with Crippen LogP contribution < -0.4 is 10.5 Å². The Labute approximate surface area is 167 Å². The van der Waals surface area contributed by atoms with Crippen LogP contribution in [0.4, 0.5) is 5.69 Å². The topological polar surface area (TPSA) is 44.3 Å². The van der Waals surface area contributed by atoms with Gasteiger partial charge in [-0.15, -0.1) is 0 Å². The Balaban J connectivity index is 1.41. The van der Waals surface area contributed by atoms with Crippen molar-refractivity contribution >= 4 is 40.4 Å². The average Bonchev–Trinajstić information content (AvgIpc) is 2.68. The van der Waals surface area contributed by atoms with E-state index in [2.05, 4.69) is 20.9 Å². The van der Waals surface area contributed by atoms with E-state index in [4.69, 9.17) is 23.8 Å². The molecule has 0 unspecified atom stereocenters. The van der Waals surface area contributed by atoms with Crippen LogP contribution in [0.3, 0.4) is 0 Å². The lowest BCUT2D eigenvalue weighted by atomic mass is 10.2. The molecule has 1 fully saturated rings. The van der Waals surface area contributed by atoms with Gasteiger partial charge in [0.15, 0.2) is 4.77 Å². The van der Waals surface area contributed by atoms with Crippen LogP contribution in [0.25, 0.3) is 10.9 Å². The van der Waals surface area contributed by atoms with Gasteiger partial charge in [-0.3, -0.25) is 14.3 Å². The number of aromatic amines is 1. The molecule has 27 heavy (non-hydrogen) atoms. The Hall–Kier alpha value is -2.15. The maximum atomic E-state index is 12.7. The van der Waals surface area contributed by atoms with Gasteiger partial charge in [-0.1, -0.05) is 29.8 Å². The second kappa shape index (κ2) is 7.84. The Morgan fingerprint density at radius 3 is 2.56 bits per heavy atom. The Morgan fingerprint density at radius 2 is 1.78 bits per heavy atom. The zero-order chi connectivity index (χ0) is 18.8. The number of benzene rings is 2. The van der Waals surface area contributed by atoms with Gasteiger partial charge in [0, 0.05) is 50.0 Å².